The number of methoxy groups -OCH3 is 2. The van der Waals surface area contributed by atoms with Crippen molar-refractivity contribution in [2.75, 3.05) is 14.2 Å². The van der Waals surface area contributed by atoms with E-state index in [2.05, 4.69) is 34.2 Å². The molecule has 0 saturated heterocycles. The number of nitrogens with one attached hydrogen (secondary N) is 1. The van der Waals surface area contributed by atoms with Crippen molar-refractivity contribution in [3.63, 3.8) is 0 Å². The number of H-pyrrole nitrogens is 1. The number of benzene rings is 2. The maximum absolute atomic E-state index is 5.75. The maximum atomic E-state index is 5.75. The molecule has 4 nitrogen and oxygen atoms in total. The molecule has 0 fully saturated rings. The monoisotopic (exact) mass is 282 g/mol. The molecule has 1 N–H and O–H groups in total. The lowest BCUT2D eigenvalue weighted by Gasteiger charge is -2.27. The van der Waals surface area contributed by atoms with Gasteiger partial charge in [-0.05, 0) is 41.5 Å². The largest absolute Gasteiger partial charge is 0.497 e. The molecule has 21 heavy (non-hydrogen) atoms. The van der Waals surface area contributed by atoms with Gasteiger partial charge >= 0.3 is 0 Å². The van der Waals surface area contributed by atoms with Crippen LogP contribution in [0.5, 0.6) is 5.75 Å². The Morgan fingerprint density at radius 2 is 1.81 bits per heavy atom. The first-order valence-electron chi connectivity index (χ1n) is 6.80. The standard InChI is InChI=1S/C17H18N2O2/c1-17(21-3,16-10-18-11-19-16)14-6-4-13-9-15(20-2)7-5-12(13)8-14/h4-11H,1-3H3,(H,18,19). The minimum Gasteiger partial charge on any atom is -0.497 e. The molecule has 0 saturated carbocycles. The van der Waals surface area contributed by atoms with Crippen LogP contribution in [0, 0.1) is 0 Å². The average Bonchev–Trinajstić information content (AvgIpc) is 3.08. The highest BCUT2D eigenvalue weighted by molar-refractivity contribution is 5.84. The second kappa shape index (κ2) is 5.22. The van der Waals surface area contributed by atoms with Gasteiger partial charge in [-0.2, -0.15) is 0 Å². The van der Waals surface area contributed by atoms with E-state index >= 15 is 0 Å². The van der Waals surface area contributed by atoms with Gasteiger partial charge in [0.2, 0.25) is 0 Å². The highest BCUT2D eigenvalue weighted by Crippen LogP contribution is 2.33. The van der Waals surface area contributed by atoms with E-state index in [1.54, 1.807) is 20.5 Å². The summed E-state index contributed by atoms with van der Waals surface area (Å²) in [4.78, 5) is 7.33. The number of hydrogen-bond acceptors (Lipinski definition) is 3. The first-order chi connectivity index (χ1) is 10.2. The van der Waals surface area contributed by atoms with Crippen LogP contribution in [0.15, 0.2) is 48.9 Å². The van der Waals surface area contributed by atoms with Crippen LogP contribution < -0.4 is 4.74 Å². The number of ether oxygens (including phenoxy) is 2. The van der Waals surface area contributed by atoms with Crippen molar-refractivity contribution in [1.82, 2.24) is 9.97 Å². The zero-order valence-corrected chi connectivity index (χ0v) is 12.4. The number of nitrogens with zero attached hydrogens (tertiary/aromatic N) is 1. The van der Waals surface area contributed by atoms with E-state index in [1.807, 2.05) is 25.3 Å². The number of aromatic amines is 1. The number of fused-ring (bicyclic) bond motifs is 1. The van der Waals surface area contributed by atoms with Crippen LogP contribution in [0.2, 0.25) is 0 Å². The number of hydrogen-bond donors (Lipinski definition) is 1. The normalized spacial score (nSPS) is 14.0. The van der Waals surface area contributed by atoms with Crippen molar-refractivity contribution in [2.24, 2.45) is 0 Å². The molecule has 3 rings (SSSR count). The SMILES string of the molecule is COc1ccc2cc(C(C)(OC)c3c[nH]cn3)ccc2c1. The first-order valence-corrected chi connectivity index (χ1v) is 6.80. The highest BCUT2D eigenvalue weighted by Gasteiger charge is 2.30. The Morgan fingerprint density at radius 1 is 1.05 bits per heavy atom. The molecule has 0 amide bonds. The summed E-state index contributed by atoms with van der Waals surface area (Å²) in [7, 11) is 3.38. The summed E-state index contributed by atoms with van der Waals surface area (Å²) in [5.41, 5.74) is 1.35. The quantitative estimate of drug-likeness (QED) is 0.797. The number of aromatic nitrogens is 2. The fourth-order valence-corrected chi connectivity index (χ4v) is 2.54. The first kappa shape index (κ1) is 13.6. The third kappa shape index (κ3) is 2.28. The van der Waals surface area contributed by atoms with Crippen LogP contribution in [0.1, 0.15) is 18.2 Å². The predicted octanol–water partition coefficient (Wildman–Crippen LogP) is 3.48. The van der Waals surface area contributed by atoms with E-state index in [0.717, 1.165) is 27.8 Å². The van der Waals surface area contributed by atoms with Gasteiger partial charge < -0.3 is 14.5 Å². The van der Waals surface area contributed by atoms with Crippen molar-refractivity contribution in [3.05, 3.63) is 60.2 Å². The van der Waals surface area contributed by atoms with Crippen LogP contribution >= 0.6 is 0 Å². The van der Waals surface area contributed by atoms with E-state index in [1.165, 1.54) is 0 Å². The third-order valence-corrected chi connectivity index (χ3v) is 3.99. The van der Waals surface area contributed by atoms with Crippen molar-refractivity contribution < 1.29 is 9.47 Å². The van der Waals surface area contributed by atoms with E-state index in [0.29, 0.717) is 0 Å². The molecule has 0 spiro atoms. The summed E-state index contributed by atoms with van der Waals surface area (Å²) in [6.45, 7) is 2.02. The molecule has 0 radical (unpaired) electrons. The molecule has 2 aromatic carbocycles. The van der Waals surface area contributed by atoms with Crippen LogP contribution in [-0.2, 0) is 10.3 Å². The van der Waals surface area contributed by atoms with Crippen molar-refractivity contribution in [2.45, 2.75) is 12.5 Å². The zero-order valence-electron chi connectivity index (χ0n) is 12.4. The van der Waals surface area contributed by atoms with E-state index in [9.17, 15) is 0 Å². The number of rotatable bonds is 4. The summed E-state index contributed by atoms with van der Waals surface area (Å²) in [6.07, 6.45) is 3.53. The molecule has 4 heteroatoms. The predicted molar refractivity (Wildman–Crippen MR) is 82.6 cm³/mol. The fourth-order valence-electron chi connectivity index (χ4n) is 2.54. The van der Waals surface area contributed by atoms with Crippen LogP contribution in [0.25, 0.3) is 10.8 Å². The van der Waals surface area contributed by atoms with Gasteiger partial charge in [0.1, 0.15) is 11.4 Å². The summed E-state index contributed by atoms with van der Waals surface area (Å²) in [5, 5.41) is 2.28. The van der Waals surface area contributed by atoms with Crippen LogP contribution in [-0.4, -0.2) is 24.2 Å². The Bertz CT molecular complexity index is 753. The van der Waals surface area contributed by atoms with Crippen molar-refractivity contribution in [3.8, 4) is 5.75 Å². The van der Waals surface area contributed by atoms with E-state index in [-0.39, 0.29) is 0 Å². The summed E-state index contributed by atoms with van der Waals surface area (Å²) >= 11 is 0. The van der Waals surface area contributed by atoms with Gasteiger partial charge in [-0.15, -0.1) is 0 Å². The third-order valence-electron chi connectivity index (χ3n) is 3.99. The minimum atomic E-state index is -0.575. The van der Waals surface area contributed by atoms with E-state index in [4.69, 9.17) is 9.47 Å². The molecule has 0 aliphatic rings. The van der Waals surface area contributed by atoms with Gasteiger partial charge in [0.05, 0.1) is 19.1 Å². The molecule has 1 atom stereocenters. The van der Waals surface area contributed by atoms with Crippen molar-refractivity contribution >= 4 is 10.8 Å². The van der Waals surface area contributed by atoms with Gasteiger partial charge in [-0.3, -0.25) is 0 Å². The summed E-state index contributed by atoms with van der Waals surface area (Å²) < 4.78 is 11.0. The van der Waals surface area contributed by atoms with Gasteiger partial charge in [-0.1, -0.05) is 18.2 Å². The highest BCUT2D eigenvalue weighted by atomic mass is 16.5. The summed E-state index contributed by atoms with van der Waals surface area (Å²) in [5.74, 6) is 0.858. The van der Waals surface area contributed by atoms with Gasteiger partial charge in [0, 0.05) is 13.3 Å². The summed E-state index contributed by atoms with van der Waals surface area (Å²) in [6, 6.07) is 12.3. The number of imidazole rings is 1. The molecule has 0 aliphatic heterocycles. The molecular formula is C17H18N2O2. The molecule has 3 aromatic rings. The second-order valence-electron chi connectivity index (χ2n) is 5.12. The average molecular weight is 282 g/mol. The molecule has 1 unspecified atom stereocenters. The van der Waals surface area contributed by atoms with E-state index < -0.39 is 5.60 Å². The lowest BCUT2D eigenvalue weighted by atomic mass is 9.91. The van der Waals surface area contributed by atoms with Crippen molar-refractivity contribution in [1.29, 1.82) is 0 Å². The van der Waals surface area contributed by atoms with Crippen LogP contribution in [0.3, 0.4) is 0 Å². The molecule has 108 valence electrons. The molecule has 1 aromatic heterocycles. The molecule has 0 bridgehead atoms. The zero-order chi connectivity index (χ0) is 14.9. The Hall–Kier alpha value is -2.33. The lowest BCUT2D eigenvalue weighted by Crippen LogP contribution is -2.26. The second-order valence-corrected chi connectivity index (χ2v) is 5.12. The Kier molecular flexibility index (Phi) is 3.39. The van der Waals surface area contributed by atoms with Gasteiger partial charge in [0.15, 0.2) is 0 Å². The fraction of sp³-hybridized carbons (Fsp3) is 0.235. The molecule has 0 aliphatic carbocycles. The maximum Gasteiger partial charge on any atom is 0.133 e. The molecule has 1 heterocycles. The minimum absolute atomic E-state index is 0.575. The Morgan fingerprint density at radius 3 is 2.48 bits per heavy atom. The van der Waals surface area contributed by atoms with Gasteiger partial charge in [0.25, 0.3) is 0 Å². The topological polar surface area (TPSA) is 47.1 Å². The Balaban J connectivity index is 2.11. The molecular weight excluding hydrogens is 264 g/mol. The smallest absolute Gasteiger partial charge is 0.133 e. The van der Waals surface area contributed by atoms with Gasteiger partial charge in [-0.25, -0.2) is 4.98 Å². The lowest BCUT2D eigenvalue weighted by molar-refractivity contribution is 0.0358. The Labute approximate surface area is 123 Å². The van der Waals surface area contributed by atoms with Crippen LogP contribution in [0.4, 0.5) is 0 Å².